The first kappa shape index (κ1) is 23.7. The van der Waals surface area contributed by atoms with Crippen LogP contribution in [0.2, 0.25) is 0 Å². The molecule has 10 heteroatoms. The van der Waals surface area contributed by atoms with Gasteiger partial charge in [0.05, 0.1) is 18.4 Å². The quantitative estimate of drug-likeness (QED) is 0.541. The van der Waals surface area contributed by atoms with Gasteiger partial charge in [-0.25, -0.2) is 4.98 Å². The van der Waals surface area contributed by atoms with Crippen LogP contribution < -0.4 is 10.1 Å². The fourth-order valence-electron chi connectivity index (χ4n) is 5.30. The number of ether oxygens (including phenoxy) is 1. The molecule has 0 saturated carbocycles. The maximum Gasteiger partial charge on any atom is 0.243 e. The van der Waals surface area contributed by atoms with Crippen LogP contribution in [-0.4, -0.2) is 92.6 Å². The molecule has 0 spiro atoms. The van der Waals surface area contributed by atoms with Crippen molar-refractivity contribution in [3.8, 4) is 22.8 Å². The van der Waals surface area contributed by atoms with Crippen LogP contribution >= 0.6 is 0 Å². The van der Waals surface area contributed by atoms with Gasteiger partial charge in [-0.2, -0.15) is 0 Å². The number of phenolic OH excluding ortho intramolecular Hbond substituents is 1. The van der Waals surface area contributed by atoms with Crippen LogP contribution in [0, 0.1) is 6.92 Å². The van der Waals surface area contributed by atoms with E-state index in [0.29, 0.717) is 61.9 Å². The van der Waals surface area contributed by atoms with Crippen LogP contribution in [0.1, 0.15) is 43.4 Å². The van der Waals surface area contributed by atoms with Crippen molar-refractivity contribution >= 4 is 11.9 Å². The number of aliphatic hydroxyl groups is 1. The zero-order valence-corrected chi connectivity index (χ0v) is 20.2. The van der Waals surface area contributed by atoms with Crippen molar-refractivity contribution in [3.05, 3.63) is 23.4 Å². The van der Waals surface area contributed by atoms with Crippen LogP contribution in [0.15, 0.2) is 12.1 Å². The number of amides is 1. The van der Waals surface area contributed by atoms with Crippen molar-refractivity contribution in [2.45, 2.75) is 57.6 Å². The average Bonchev–Trinajstić information content (AvgIpc) is 3.50. The first-order valence-corrected chi connectivity index (χ1v) is 12.6. The van der Waals surface area contributed by atoms with Crippen molar-refractivity contribution < 1.29 is 19.7 Å². The molecule has 2 saturated heterocycles. The molecule has 35 heavy (non-hydrogen) atoms. The third-order valence-electron chi connectivity index (χ3n) is 7.19. The fourth-order valence-corrected chi connectivity index (χ4v) is 5.30. The predicted octanol–water partition coefficient (Wildman–Crippen LogP) is 1.74. The first-order valence-electron chi connectivity index (χ1n) is 12.6. The van der Waals surface area contributed by atoms with Gasteiger partial charge in [-0.1, -0.05) is 0 Å². The average molecular weight is 483 g/mol. The highest BCUT2D eigenvalue weighted by Crippen LogP contribution is 2.40. The molecule has 3 aliphatic heterocycles. The number of phenols is 1. The summed E-state index contributed by atoms with van der Waals surface area (Å²) in [6, 6.07) is 3.88. The van der Waals surface area contributed by atoms with Gasteiger partial charge in [-0.3, -0.25) is 4.79 Å². The summed E-state index contributed by atoms with van der Waals surface area (Å²) in [5.74, 6) is 1.56. The summed E-state index contributed by atoms with van der Waals surface area (Å²) < 4.78 is 5.52. The molecule has 1 unspecified atom stereocenters. The molecule has 0 radical (unpaired) electrons. The molecule has 5 rings (SSSR count). The maximum absolute atomic E-state index is 12.3. The fraction of sp³-hybridized carbons (Fsp3) is 0.600. The topological polar surface area (TPSA) is 124 Å². The van der Waals surface area contributed by atoms with Crippen LogP contribution in [0.5, 0.6) is 11.5 Å². The number of aromatic nitrogens is 3. The molecule has 1 aromatic heterocycles. The summed E-state index contributed by atoms with van der Waals surface area (Å²) in [5, 5.41) is 32.4. The largest absolute Gasteiger partial charge is 0.507 e. The number of anilines is 1. The van der Waals surface area contributed by atoms with Crippen LogP contribution in [0.4, 0.5) is 5.95 Å². The Balaban J connectivity index is 1.15. The number of carbonyl (C=O) groups is 1. The van der Waals surface area contributed by atoms with E-state index in [0.717, 1.165) is 50.2 Å². The Morgan fingerprint density at radius 2 is 2.11 bits per heavy atom. The van der Waals surface area contributed by atoms with Gasteiger partial charge in [0.15, 0.2) is 0 Å². The highest BCUT2D eigenvalue weighted by molar-refractivity contribution is 5.76. The standard InChI is InChI=1S/C25H34N6O4/c1-16-23(20-6-7-21-19(24(20)34)9-13-35-21)28-29-25(26-16)27-17-4-2-10-30(14-17)11-3-5-22(33)31-12-8-18(32)15-31/h6-7,17-18,32,34H,2-5,8-15H2,1H3,(H,26,27,29)/t17-,18?/m1/s1. The first-order chi connectivity index (χ1) is 17.0. The number of nitrogens with zero attached hydrogens (tertiary/aromatic N) is 5. The molecule has 0 aliphatic carbocycles. The van der Waals surface area contributed by atoms with E-state index in [9.17, 15) is 15.0 Å². The number of piperidine rings is 1. The summed E-state index contributed by atoms with van der Waals surface area (Å²) in [5.41, 5.74) is 2.71. The van der Waals surface area contributed by atoms with Crippen molar-refractivity contribution in [2.24, 2.45) is 0 Å². The van der Waals surface area contributed by atoms with Crippen LogP contribution in [-0.2, 0) is 11.2 Å². The van der Waals surface area contributed by atoms with E-state index >= 15 is 0 Å². The van der Waals surface area contributed by atoms with Gasteiger partial charge in [0.2, 0.25) is 11.9 Å². The minimum Gasteiger partial charge on any atom is -0.507 e. The Labute approximate surface area is 205 Å². The van der Waals surface area contributed by atoms with Gasteiger partial charge in [0.1, 0.15) is 17.2 Å². The van der Waals surface area contributed by atoms with E-state index in [1.165, 1.54) is 0 Å². The Morgan fingerprint density at radius 1 is 1.23 bits per heavy atom. The summed E-state index contributed by atoms with van der Waals surface area (Å²) in [4.78, 5) is 21.1. The number of β-amino-alcohol motifs (C(OH)–C–C–N with tert-alkyl or cyclic N) is 1. The molecule has 3 aliphatic rings. The highest BCUT2D eigenvalue weighted by Gasteiger charge is 2.26. The zero-order chi connectivity index (χ0) is 24.4. The molecule has 2 atom stereocenters. The van der Waals surface area contributed by atoms with Gasteiger partial charge < -0.3 is 30.1 Å². The molecule has 2 fully saturated rings. The number of likely N-dealkylation sites (tertiary alicyclic amines) is 2. The predicted molar refractivity (Wildman–Crippen MR) is 130 cm³/mol. The second-order valence-corrected chi connectivity index (χ2v) is 9.78. The lowest BCUT2D eigenvalue weighted by atomic mass is 10.0. The van der Waals surface area contributed by atoms with E-state index in [2.05, 4.69) is 25.4 Å². The van der Waals surface area contributed by atoms with Gasteiger partial charge >= 0.3 is 0 Å². The van der Waals surface area contributed by atoms with Crippen molar-refractivity contribution in [2.75, 3.05) is 44.6 Å². The third kappa shape index (κ3) is 5.33. The molecular formula is C25H34N6O4. The summed E-state index contributed by atoms with van der Waals surface area (Å²) in [6.45, 7) is 6.36. The summed E-state index contributed by atoms with van der Waals surface area (Å²) in [6.07, 6.45) is 4.44. The van der Waals surface area contributed by atoms with E-state index in [1.54, 1.807) is 11.0 Å². The van der Waals surface area contributed by atoms with E-state index < -0.39 is 0 Å². The zero-order valence-electron chi connectivity index (χ0n) is 20.2. The minimum atomic E-state index is -0.365. The number of benzene rings is 1. The molecule has 3 N–H and O–H groups in total. The molecule has 0 bridgehead atoms. The molecule has 1 amide bonds. The Kier molecular flexibility index (Phi) is 7.01. The highest BCUT2D eigenvalue weighted by atomic mass is 16.5. The van der Waals surface area contributed by atoms with Crippen LogP contribution in [0.3, 0.4) is 0 Å². The Morgan fingerprint density at radius 3 is 2.91 bits per heavy atom. The summed E-state index contributed by atoms with van der Waals surface area (Å²) >= 11 is 0. The lowest BCUT2D eigenvalue weighted by Gasteiger charge is -2.33. The van der Waals surface area contributed by atoms with Gasteiger partial charge in [-0.15, -0.1) is 10.2 Å². The number of nitrogens with one attached hydrogen (secondary N) is 1. The van der Waals surface area contributed by atoms with Crippen molar-refractivity contribution in [1.29, 1.82) is 0 Å². The van der Waals surface area contributed by atoms with E-state index in [4.69, 9.17) is 4.74 Å². The summed E-state index contributed by atoms with van der Waals surface area (Å²) in [7, 11) is 0. The van der Waals surface area contributed by atoms with Crippen molar-refractivity contribution in [1.82, 2.24) is 25.0 Å². The second kappa shape index (κ2) is 10.3. The van der Waals surface area contributed by atoms with Crippen LogP contribution in [0.25, 0.3) is 11.3 Å². The second-order valence-electron chi connectivity index (χ2n) is 9.78. The molecular weight excluding hydrogens is 448 g/mol. The molecule has 1 aromatic carbocycles. The lowest BCUT2D eigenvalue weighted by Crippen LogP contribution is -2.43. The maximum atomic E-state index is 12.3. The molecule has 188 valence electrons. The number of fused-ring (bicyclic) bond motifs is 1. The monoisotopic (exact) mass is 482 g/mol. The van der Waals surface area contributed by atoms with Gasteiger partial charge in [0, 0.05) is 49.6 Å². The number of aryl methyl sites for hydroxylation is 1. The normalized spacial score (nSPS) is 22.2. The number of aliphatic hydroxyl groups excluding tert-OH is 1. The number of aromatic hydroxyl groups is 1. The Hall–Kier alpha value is -2.98. The molecule has 2 aromatic rings. The third-order valence-corrected chi connectivity index (χ3v) is 7.19. The van der Waals surface area contributed by atoms with Gasteiger partial charge in [-0.05, 0) is 57.8 Å². The number of hydrogen-bond acceptors (Lipinski definition) is 9. The number of hydrogen-bond donors (Lipinski definition) is 3. The van der Waals surface area contributed by atoms with E-state index in [-0.39, 0.29) is 23.8 Å². The number of rotatable bonds is 7. The molecule has 10 nitrogen and oxygen atoms in total. The SMILES string of the molecule is Cc1nc(N[C@@H]2CCCN(CCCC(=O)N3CCC(O)C3)C2)nnc1-c1ccc2c(c1O)CCO2. The van der Waals surface area contributed by atoms with E-state index in [1.807, 2.05) is 13.0 Å². The number of carbonyl (C=O) groups excluding carboxylic acids is 1. The lowest BCUT2D eigenvalue weighted by molar-refractivity contribution is -0.130. The van der Waals surface area contributed by atoms with Crippen molar-refractivity contribution in [3.63, 3.8) is 0 Å². The smallest absolute Gasteiger partial charge is 0.243 e. The Bertz CT molecular complexity index is 1080. The minimum absolute atomic E-state index is 0.144. The molecule has 4 heterocycles. The van der Waals surface area contributed by atoms with Gasteiger partial charge in [0.25, 0.3) is 0 Å².